The van der Waals surface area contributed by atoms with Crippen LogP contribution in [0, 0.1) is 5.92 Å². The van der Waals surface area contributed by atoms with Crippen molar-refractivity contribution in [2.45, 2.75) is 60.4 Å². The topological polar surface area (TPSA) is 41.1 Å². The molecule has 1 N–H and O–H groups in total. The molecule has 4 nitrogen and oxygen atoms in total. The highest BCUT2D eigenvalue weighted by Crippen LogP contribution is 2.26. The van der Waals surface area contributed by atoms with E-state index in [1.54, 1.807) is 6.33 Å². The second kappa shape index (κ2) is 8.08. The molecule has 0 amide bonds. The van der Waals surface area contributed by atoms with Crippen molar-refractivity contribution in [1.29, 1.82) is 0 Å². The Kier molecular flexibility index (Phi) is 6.76. The van der Waals surface area contributed by atoms with E-state index in [4.69, 9.17) is 0 Å². The molecule has 20 heavy (non-hydrogen) atoms. The van der Waals surface area contributed by atoms with Gasteiger partial charge in [-0.05, 0) is 32.6 Å². The molecule has 1 rings (SSSR count). The van der Waals surface area contributed by atoms with Gasteiger partial charge in [-0.3, -0.25) is 0 Å². The lowest BCUT2D eigenvalue weighted by Gasteiger charge is -2.31. The van der Waals surface area contributed by atoms with Gasteiger partial charge < -0.3 is 10.2 Å². The Hall–Kier alpha value is -1.32. The zero-order chi connectivity index (χ0) is 15.1. The molecule has 0 aliphatic carbocycles. The zero-order valence-electron chi connectivity index (χ0n) is 13.9. The lowest BCUT2D eigenvalue weighted by molar-refractivity contribution is 0.564. The van der Waals surface area contributed by atoms with Crippen LogP contribution < -0.4 is 10.2 Å². The van der Waals surface area contributed by atoms with E-state index in [1.165, 1.54) is 5.56 Å². The molecule has 0 aliphatic heterocycles. The minimum absolute atomic E-state index is 0.441. The lowest BCUT2D eigenvalue weighted by Crippen LogP contribution is -2.35. The van der Waals surface area contributed by atoms with E-state index >= 15 is 0 Å². The number of nitrogens with zero attached hydrogens (tertiary/aromatic N) is 3. The summed E-state index contributed by atoms with van der Waals surface area (Å²) in [6.07, 6.45) is 3.73. The van der Waals surface area contributed by atoms with Crippen molar-refractivity contribution in [1.82, 2.24) is 9.97 Å². The average Bonchev–Trinajstić information content (AvgIpc) is 2.41. The number of hydrogen-bond acceptors (Lipinski definition) is 4. The van der Waals surface area contributed by atoms with Gasteiger partial charge in [-0.25, -0.2) is 9.97 Å². The molecule has 114 valence electrons. The zero-order valence-corrected chi connectivity index (χ0v) is 13.9. The van der Waals surface area contributed by atoms with Crippen LogP contribution in [0.3, 0.4) is 0 Å². The van der Waals surface area contributed by atoms with Gasteiger partial charge in [0.15, 0.2) is 0 Å². The second-order valence-corrected chi connectivity index (χ2v) is 5.94. The first-order chi connectivity index (χ1) is 9.51. The van der Waals surface area contributed by atoms with Crippen LogP contribution in [0.15, 0.2) is 6.33 Å². The van der Waals surface area contributed by atoms with Crippen LogP contribution in [0.25, 0.3) is 0 Å². The molecule has 0 aromatic carbocycles. The quantitative estimate of drug-likeness (QED) is 0.786. The van der Waals surface area contributed by atoms with Crippen molar-refractivity contribution in [3.63, 3.8) is 0 Å². The van der Waals surface area contributed by atoms with Crippen molar-refractivity contribution >= 4 is 11.6 Å². The molecular weight excluding hydrogens is 248 g/mol. The van der Waals surface area contributed by atoms with E-state index in [-0.39, 0.29) is 0 Å². The number of rotatable bonds is 8. The van der Waals surface area contributed by atoms with E-state index in [0.29, 0.717) is 12.0 Å². The fourth-order valence-corrected chi connectivity index (χ4v) is 2.31. The van der Waals surface area contributed by atoms with Gasteiger partial charge in [-0.2, -0.15) is 0 Å². The summed E-state index contributed by atoms with van der Waals surface area (Å²) in [4.78, 5) is 11.4. The van der Waals surface area contributed by atoms with E-state index < -0.39 is 0 Å². The first kappa shape index (κ1) is 16.7. The van der Waals surface area contributed by atoms with E-state index in [2.05, 4.69) is 61.7 Å². The molecule has 1 aromatic rings. The molecule has 0 saturated heterocycles. The third-order valence-electron chi connectivity index (χ3n) is 3.28. The van der Waals surface area contributed by atoms with Gasteiger partial charge in [0.25, 0.3) is 0 Å². The van der Waals surface area contributed by atoms with Crippen LogP contribution in [-0.4, -0.2) is 29.1 Å². The maximum absolute atomic E-state index is 4.57. The van der Waals surface area contributed by atoms with Crippen molar-refractivity contribution in [2.75, 3.05) is 23.3 Å². The van der Waals surface area contributed by atoms with Crippen LogP contribution in [0.4, 0.5) is 11.6 Å². The predicted molar refractivity (Wildman–Crippen MR) is 87.5 cm³/mol. The summed E-state index contributed by atoms with van der Waals surface area (Å²) in [5.74, 6) is 2.70. The summed E-state index contributed by atoms with van der Waals surface area (Å²) in [5.41, 5.74) is 1.23. The van der Waals surface area contributed by atoms with Crippen molar-refractivity contribution in [3.8, 4) is 0 Å². The summed E-state index contributed by atoms with van der Waals surface area (Å²) in [6.45, 7) is 15.3. The van der Waals surface area contributed by atoms with Gasteiger partial charge in [0.05, 0.1) is 0 Å². The molecule has 1 aromatic heterocycles. The standard InChI is InChI=1S/C16H30N4/c1-7-9-17-15-14(8-2)16(19-11-18-15)20(13(5)6)10-12(3)4/h11-13H,7-10H2,1-6H3,(H,17,18,19). The summed E-state index contributed by atoms with van der Waals surface area (Å²) in [5, 5.41) is 3.42. The van der Waals surface area contributed by atoms with Crippen LogP contribution in [0.2, 0.25) is 0 Å². The highest BCUT2D eigenvalue weighted by molar-refractivity contribution is 5.59. The second-order valence-electron chi connectivity index (χ2n) is 5.94. The largest absolute Gasteiger partial charge is 0.370 e. The summed E-state index contributed by atoms with van der Waals surface area (Å²) in [7, 11) is 0. The van der Waals surface area contributed by atoms with E-state index in [1.807, 2.05) is 0 Å². The number of aromatic nitrogens is 2. The van der Waals surface area contributed by atoms with Gasteiger partial charge in [0.2, 0.25) is 0 Å². The molecule has 4 heteroatoms. The van der Waals surface area contributed by atoms with Crippen LogP contribution >= 0.6 is 0 Å². The first-order valence-corrected chi connectivity index (χ1v) is 7.85. The molecule has 0 saturated carbocycles. The van der Waals surface area contributed by atoms with Crippen LogP contribution in [0.5, 0.6) is 0 Å². The lowest BCUT2D eigenvalue weighted by atomic mass is 10.1. The molecule has 0 spiro atoms. The van der Waals surface area contributed by atoms with E-state index in [0.717, 1.165) is 37.6 Å². The third-order valence-corrected chi connectivity index (χ3v) is 3.28. The predicted octanol–water partition coefficient (Wildman–Crippen LogP) is 3.73. The molecule has 1 heterocycles. The average molecular weight is 278 g/mol. The Morgan fingerprint density at radius 2 is 1.85 bits per heavy atom. The molecule has 0 atom stereocenters. The van der Waals surface area contributed by atoms with Crippen LogP contribution in [-0.2, 0) is 6.42 Å². The Balaban J connectivity index is 3.13. The maximum Gasteiger partial charge on any atom is 0.137 e. The number of hydrogen-bond donors (Lipinski definition) is 1. The van der Waals surface area contributed by atoms with Gasteiger partial charge in [-0.15, -0.1) is 0 Å². The van der Waals surface area contributed by atoms with Gasteiger partial charge >= 0.3 is 0 Å². The fourth-order valence-electron chi connectivity index (χ4n) is 2.31. The molecule has 0 bridgehead atoms. The normalized spacial score (nSPS) is 11.2. The Morgan fingerprint density at radius 3 is 2.35 bits per heavy atom. The molecular formula is C16H30N4. The van der Waals surface area contributed by atoms with Crippen molar-refractivity contribution < 1.29 is 0 Å². The smallest absolute Gasteiger partial charge is 0.137 e. The Bertz CT molecular complexity index is 401. The monoisotopic (exact) mass is 278 g/mol. The molecule has 0 fully saturated rings. The summed E-state index contributed by atoms with van der Waals surface area (Å²) < 4.78 is 0. The van der Waals surface area contributed by atoms with Crippen molar-refractivity contribution in [2.24, 2.45) is 5.92 Å². The Labute approximate surface area is 124 Å². The molecule has 0 aliphatic rings. The van der Waals surface area contributed by atoms with Gasteiger partial charge in [0.1, 0.15) is 18.0 Å². The van der Waals surface area contributed by atoms with Crippen molar-refractivity contribution in [3.05, 3.63) is 11.9 Å². The summed E-state index contributed by atoms with van der Waals surface area (Å²) in [6, 6.07) is 0.441. The minimum atomic E-state index is 0.441. The van der Waals surface area contributed by atoms with Crippen LogP contribution in [0.1, 0.15) is 53.5 Å². The molecule has 0 radical (unpaired) electrons. The maximum atomic E-state index is 4.57. The minimum Gasteiger partial charge on any atom is -0.370 e. The SMILES string of the molecule is CCCNc1ncnc(N(CC(C)C)C(C)C)c1CC. The van der Waals surface area contributed by atoms with Gasteiger partial charge in [0, 0.05) is 24.7 Å². The number of anilines is 2. The third kappa shape index (κ3) is 4.36. The number of nitrogens with one attached hydrogen (secondary N) is 1. The Morgan fingerprint density at radius 1 is 1.15 bits per heavy atom. The molecule has 0 unspecified atom stereocenters. The van der Waals surface area contributed by atoms with E-state index in [9.17, 15) is 0 Å². The first-order valence-electron chi connectivity index (χ1n) is 7.85. The highest BCUT2D eigenvalue weighted by atomic mass is 15.2. The fraction of sp³-hybridized carbons (Fsp3) is 0.750. The highest BCUT2D eigenvalue weighted by Gasteiger charge is 2.19. The summed E-state index contributed by atoms with van der Waals surface area (Å²) >= 11 is 0. The van der Waals surface area contributed by atoms with Gasteiger partial charge in [-0.1, -0.05) is 27.7 Å².